The summed E-state index contributed by atoms with van der Waals surface area (Å²) in [6.07, 6.45) is 0. The Labute approximate surface area is 140 Å². The Kier molecular flexibility index (Phi) is 5.21. The number of hydrogen-bond donors (Lipinski definition) is 2. The Balaban J connectivity index is 2.39. The number of benzene rings is 2. The quantitative estimate of drug-likeness (QED) is 0.480. The van der Waals surface area contributed by atoms with E-state index in [1.807, 2.05) is 0 Å². The molecule has 2 N–H and O–H groups in total. The van der Waals surface area contributed by atoms with Crippen LogP contribution in [0.1, 0.15) is 10.4 Å². The van der Waals surface area contributed by atoms with Crippen molar-refractivity contribution in [2.75, 3.05) is 26.5 Å². The molecule has 1 unspecified atom stereocenters. The predicted octanol–water partition coefficient (Wildman–Crippen LogP) is 1.77. The standard InChI is InChI=1S/C18H20N2O4/c1-20(2)17(22)18(23,16(21)13-7-5-4-6-8-13)19-14-9-11-15(24-3)12-10-14/h4-12,19,23H,1-3H3. The smallest absolute Gasteiger partial charge is 0.283 e. The highest BCUT2D eigenvalue weighted by Gasteiger charge is 2.45. The van der Waals surface area contributed by atoms with Crippen molar-refractivity contribution in [2.45, 2.75) is 5.72 Å². The topological polar surface area (TPSA) is 78.9 Å². The average molecular weight is 328 g/mol. The summed E-state index contributed by atoms with van der Waals surface area (Å²) in [4.78, 5) is 26.4. The molecule has 24 heavy (non-hydrogen) atoms. The number of anilines is 1. The highest BCUT2D eigenvalue weighted by Crippen LogP contribution is 2.22. The van der Waals surface area contributed by atoms with Crippen LogP contribution in [0.4, 0.5) is 5.69 Å². The number of ether oxygens (including phenoxy) is 1. The van der Waals surface area contributed by atoms with Crippen LogP contribution in [0.25, 0.3) is 0 Å². The van der Waals surface area contributed by atoms with Gasteiger partial charge in [0.05, 0.1) is 7.11 Å². The molecule has 6 nitrogen and oxygen atoms in total. The van der Waals surface area contributed by atoms with Crippen molar-refractivity contribution in [1.82, 2.24) is 4.90 Å². The van der Waals surface area contributed by atoms with E-state index in [1.54, 1.807) is 54.6 Å². The van der Waals surface area contributed by atoms with Gasteiger partial charge in [-0.3, -0.25) is 9.59 Å². The van der Waals surface area contributed by atoms with E-state index < -0.39 is 17.4 Å². The summed E-state index contributed by atoms with van der Waals surface area (Å²) >= 11 is 0. The number of carbonyl (C=O) groups excluding carboxylic acids is 2. The Morgan fingerprint density at radius 2 is 1.62 bits per heavy atom. The summed E-state index contributed by atoms with van der Waals surface area (Å²) in [7, 11) is 4.48. The molecule has 0 aliphatic heterocycles. The minimum absolute atomic E-state index is 0.233. The first kappa shape index (κ1) is 17.5. The zero-order chi connectivity index (χ0) is 17.7. The second-order valence-corrected chi connectivity index (χ2v) is 5.46. The molecule has 1 atom stereocenters. The fourth-order valence-corrected chi connectivity index (χ4v) is 2.21. The largest absolute Gasteiger partial charge is 0.497 e. The number of methoxy groups -OCH3 is 1. The maximum Gasteiger partial charge on any atom is 0.283 e. The van der Waals surface area contributed by atoms with E-state index in [2.05, 4.69) is 5.32 Å². The number of amides is 1. The van der Waals surface area contributed by atoms with Gasteiger partial charge < -0.3 is 20.1 Å². The highest BCUT2D eigenvalue weighted by atomic mass is 16.5. The third kappa shape index (κ3) is 3.55. The first-order valence-corrected chi connectivity index (χ1v) is 7.34. The number of ketones is 1. The minimum Gasteiger partial charge on any atom is -0.497 e. The van der Waals surface area contributed by atoms with E-state index >= 15 is 0 Å². The summed E-state index contributed by atoms with van der Waals surface area (Å²) in [6, 6.07) is 14.7. The van der Waals surface area contributed by atoms with Crippen LogP contribution in [-0.2, 0) is 4.79 Å². The van der Waals surface area contributed by atoms with Gasteiger partial charge in [-0.25, -0.2) is 0 Å². The first-order chi connectivity index (χ1) is 11.4. The summed E-state index contributed by atoms with van der Waals surface area (Å²) in [5, 5.41) is 13.5. The van der Waals surface area contributed by atoms with Gasteiger partial charge in [0.25, 0.3) is 11.6 Å². The Morgan fingerprint density at radius 1 is 1.04 bits per heavy atom. The second kappa shape index (κ2) is 7.14. The van der Waals surface area contributed by atoms with Crippen molar-refractivity contribution in [3.05, 3.63) is 60.2 Å². The number of aliphatic hydroxyl groups is 1. The molecule has 0 aliphatic rings. The minimum atomic E-state index is -2.40. The van der Waals surface area contributed by atoms with Crippen LogP contribution in [0, 0.1) is 0 Å². The van der Waals surface area contributed by atoms with Crippen LogP contribution < -0.4 is 10.1 Å². The van der Waals surface area contributed by atoms with Crippen molar-refractivity contribution in [3.63, 3.8) is 0 Å². The molecule has 0 heterocycles. The van der Waals surface area contributed by atoms with Gasteiger partial charge >= 0.3 is 0 Å². The monoisotopic (exact) mass is 328 g/mol. The molecule has 0 saturated heterocycles. The predicted molar refractivity (Wildman–Crippen MR) is 91.0 cm³/mol. The van der Waals surface area contributed by atoms with Gasteiger partial charge in [-0.2, -0.15) is 0 Å². The zero-order valence-electron chi connectivity index (χ0n) is 13.8. The van der Waals surface area contributed by atoms with Gasteiger partial charge in [-0.1, -0.05) is 30.3 Å². The van der Waals surface area contributed by atoms with Gasteiger partial charge in [-0.15, -0.1) is 0 Å². The number of Topliss-reactive ketones (excluding diaryl/α,β-unsaturated/α-hetero) is 1. The van der Waals surface area contributed by atoms with Crippen LogP contribution in [0.5, 0.6) is 5.75 Å². The van der Waals surface area contributed by atoms with Crippen LogP contribution >= 0.6 is 0 Å². The number of hydrogen-bond acceptors (Lipinski definition) is 5. The fraction of sp³-hybridized carbons (Fsp3) is 0.222. The number of rotatable bonds is 6. The molecular formula is C18H20N2O4. The lowest BCUT2D eigenvalue weighted by molar-refractivity contribution is -0.141. The van der Waals surface area contributed by atoms with E-state index in [9.17, 15) is 14.7 Å². The first-order valence-electron chi connectivity index (χ1n) is 7.34. The van der Waals surface area contributed by atoms with Crippen molar-refractivity contribution >= 4 is 17.4 Å². The van der Waals surface area contributed by atoms with Gasteiger partial charge in [0.15, 0.2) is 0 Å². The summed E-state index contributed by atoms with van der Waals surface area (Å²) in [6.45, 7) is 0. The van der Waals surface area contributed by atoms with Crippen molar-refractivity contribution < 1.29 is 19.4 Å². The highest BCUT2D eigenvalue weighted by molar-refractivity contribution is 6.18. The van der Waals surface area contributed by atoms with Crippen LogP contribution in [0.15, 0.2) is 54.6 Å². The molecule has 1 amide bonds. The van der Waals surface area contributed by atoms with Crippen LogP contribution in [-0.4, -0.2) is 48.6 Å². The van der Waals surface area contributed by atoms with Gasteiger partial charge in [-0.05, 0) is 24.3 Å². The molecule has 0 fully saturated rings. The molecule has 0 bridgehead atoms. The van der Waals surface area contributed by atoms with Gasteiger partial charge in [0, 0.05) is 25.3 Å². The normalized spacial score (nSPS) is 12.8. The Morgan fingerprint density at radius 3 is 2.12 bits per heavy atom. The molecule has 0 aliphatic carbocycles. The molecule has 126 valence electrons. The van der Waals surface area contributed by atoms with Crippen LogP contribution in [0.2, 0.25) is 0 Å². The number of nitrogens with zero attached hydrogens (tertiary/aromatic N) is 1. The second-order valence-electron chi connectivity index (χ2n) is 5.46. The number of likely N-dealkylation sites (N-methyl/N-ethyl adjacent to an activating group) is 1. The lowest BCUT2D eigenvalue weighted by atomic mass is 9.99. The summed E-state index contributed by atoms with van der Waals surface area (Å²) < 4.78 is 5.07. The lowest BCUT2D eigenvalue weighted by Crippen LogP contribution is -2.57. The molecule has 0 spiro atoms. The van der Waals surface area contributed by atoms with E-state index in [4.69, 9.17) is 4.74 Å². The molecular weight excluding hydrogens is 308 g/mol. The molecule has 0 aromatic heterocycles. The summed E-state index contributed by atoms with van der Waals surface area (Å²) in [5.74, 6) is -0.859. The number of carbonyl (C=O) groups is 2. The molecule has 2 rings (SSSR count). The number of nitrogens with one attached hydrogen (secondary N) is 1. The molecule has 0 saturated carbocycles. The molecule has 2 aromatic carbocycles. The average Bonchev–Trinajstić information content (AvgIpc) is 2.61. The van der Waals surface area contributed by atoms with E-state index in [1.165, 1.54) is 21.2 Å². The van der Waals surface area contributed by atoms with E-state index in [0.717, 1.165) is 4.90 Å². The zero-order valence-corrected chi connectivity index (χ0v) is 13.8. The third-order valence-corrected chi connectivity index (χ3v) is 3.50. The fourth-order valence-electron chi connectivity index (χ4n) is 2.21. The molecule has 6 heteroatoms. The van der Waals surface area contributed by atoms with Crippen molar-refractivity contribution in [3.8, 4) is 5.75 Å². The summed E-state index contributed by atoms with van der Waals surface area (Å²) in [5.41, 5.74) is -1.76. The van der Waals surface area contributed by atoms with Crippen molar-refractivity contribution in [1.29, 1.82) is 0 Å². The van der Waals surface area contributed by atoms with Crippen LogP contribution in [0.3, 0.4) is 0 Å². The SMILES string of the molecule is COc1ccc(NC(O)(C(=O)c2ccccc2)C(=O)N(C)C)cc1. The van der Waals surface area contributed by atoms with E-state index in [-0.39, 0.29) is 5.56 Å². The van der Waals surface area contributed by atoms with Crippen molar-refractivity contribution in [2.24, 2.45) is 0 Å². The maximum atomic E-state index is 12.8. The Hall–Kier alpha value is -2.86. The molecule has 0 radical (unpaired) electrons. The third-order valence-electron chi connectivity index (χ3n) is 3.50. The van der Waals surface area contributed by atoms with E-state index in [0.29, 0.717) is 11.4 Å². The Bertz CT molecular complexity index is 714. The van der Waals surface area contributed by atoms with Gasteiger partial charge in [0.2, 0.25) is 5.78 Å². The maximum absolute atomic E-state index is 12.8. The molecule has 2 aromatic rings. The lowest BCUT2D eigenvalue weighted by Gasteiger charge is -2.30. The van der Waals surface area contributed by atoms with Gasteiger partial charge in [0.1, 0.15) is 5.75 Å².